The summed E-state index contributed by atoms with van der Waals surface area (Å²) in [5.41, 5.74) is 1.24. The number of carbonyl (C=O) groups is 2. The molecule has 0 fully saturated rings. The Morgan fingerprint density at radius 1 is 0.972 bits per heavy atom. The molecule has 0 radical (unpaired) electrons. The van der Waals surface area contributed by atoms with Gasteiger partial charge in [0.2, 0.25) is 0 Å². The Balaban J connectivity index is 1.64. The van der Waals surface area contributed by atoms with Crippen molar-refractivity contribution < 1.29 is 19.1 Å². The summed E-state index contributed by atoms with van der Waals surface area (Å²) < 4.78 is 11.0. The second kappa shape index (κ2) is 10.3. The lowest BCUT2D eigenvalue weighted by Gasteiger charge is -2.16. The standard InChI is InChI=1S/C27H25N3O6/c1-16(18-5-4-6-20(13-18)26(33)36-3)30-25(32)22-14-19(9-12-23(22)29-27(30)34)24(31)28-15-17-7-10-21(35-2)11-8-17/h4-14,16H,15H2,1-3H3,(H,28,31)(H,29,34). The highest BCUT2D eigenvalue weighted by atomic mass is 16.5. The van der Waals surface area contributed by atoms with Crippen LogP contribution in [0.25, 0.3) is 10.9 Å². The van der Waals surface area contributed by atoms with E-state index < -0.39 is 23.3 Å². The van der Waals surface area contributed by atoms with Gasteiger partial charge >= 0.3 is 11.7 Å². The number of nitrogens with zero attached hydrogens (tertiary/aromatic N) is 1. The van der Waals surface area contributed by atoms with Crippen molar-refractivity contribution in [2.45, 2.75) is 19.5 Å². The Morgan fingerprint density at radius 3 is 2.42 bits per heavy atom. The van der Waals surface area contributed by atoms with Crippen molar-refractivity contribution in [1.29, 1.82) is 0 Å². The fourth-order valence-corrected chi connectivity index (χ4v) is 3.94. The normalized spacial score (nSPS) is 11.6. The first-order chi connectivity index (χ1) is 17.3. The molecule has 0 saturated carbocycles. The monoisotopic (exact) mass is 487 g/mol. The molecule has 3 aromatic carbocycles. The van der Waals surface area contributed by atoms with Crippen LogP contribution in [0.4, 0.5) is 0 Å². The van der Waals surface area contributed by atoms with Gasteiger partial charge < -0.3 is 19.8 Å². The van der Waals surface area contributed by atoms with E-state index in [1.165, 1.54) is 19.2 Å². The third kappa shape index (κ3) is 4.90. The van der Waals surface area contributed by atoms with E-state index in [0.29, 0.717) is 23.2 Å². The molecule has 2 N–H and O–H groups in total. The average molecular weight is 488 g/mol. The fourth-order valence-electron chi connectivity index (χ4n) is 3.94. The minimum atomic E-state index is -0.678. The van der Waals surface area contributed by atoms with Gasteiger partial charge in [-0.3, -0.25) is 14.2 Å². The number of aromatic nitrogens is 2. The molecule has 0 saturated heterocycles. The third-order valence-electron chi connectivity index (χ3n) is 5.98. The van der Waals surface area contributed by atoms with Gasteiger partial charge in [-0.1, -0.05) is 24.3 Å². The summed E-state index contributed by atoms with van der Waals surface area (Å²) >= 11 is 0. The predicted molar refractivity (Wildman–Crippen MR) is 135 cm³/mol. The minimum Gasteiger partial charge on any atom is -0.497 e. The average Bonchev–Trinajstić information content (AvgIpc) is 2.91. The van der Waals surface area contributed by atoms with Crippen LogP contribution >= 0.6 is 0 Å². The van der Waals surface area contributed by atoms with Crippen LogP contribution in [0, 0.1) is 0 Å². The minimum absolute atomic E-state index is 0.197. The lowest BCUT2D eigenvalue weighted by molar-refractivity contribution is 0.0600. The van der Waals surface area contributed by atoms with E-state index in [4.69, 9.17) is 9.47 Å². The van der Waals surface area contributed by atoms with Crippen LogP contribution in [-0.2, 0) is 11.3 Å². The summed E-state index contributed by atoms with van der Waals surface area (Å²) in [4.78, 5) is 53.5. The third-order valence-corrected chi connectivity index (χ3v) is 5.98. The number of ether oxygens (including phenoxy) is 2. The number of amides is 1. The SMILES string of the molecule is COC(=O)c1cccc(C(C)n2c(=O)[nH]c3ccc(C(=O)NCc4ccc(OC)cc4)cc3c2=O)c1. The van der Waals surface area contributed by atoms with E-state index in [0.717, 1.165) is 15.9 Å². The van der Waals surface area contributed by atoms with E-state index in [1.807, 2.05) is 12.1 Å². The van der Waals surface area contributed by atoms with Crippen molar-refractivity contribution in [2.24, 2.45) is 0 Å². The predicted octanol–water partition coefficient (Wildman–Crippen LogP) is 3.02. The molecule has 0 spiro atoms. The summed E-state index contributed by atoms with van der Waals surface area (Å²) in [6, 6.07) is 17.7. The number of H-pyrrole nitrogens is 1. The van der Waals surface area contributed by atoms with E-state index in [-0.39, 0.29) is 16.9 Å². The van der Waals surface area contributed by atoms with Gasteiger partial charge in [0.25, 0.3) is 11.5 Å². The molecule has 0 aliphatic heterocycles. The van der Waals surface area contributed by atoms with Crippen LogP contribution in [0.3, 0.4) is 0 Å². The first kappa shape index (κ1) is 24.5. The Morgan fingerprint density at radius 2 is 1.72 bits per heavy atom. The fraction of sp³-hybridized carbons (Fsp3) is 0.185. The molecule has 1 atom stereocenters. The van der Waals surface area contributed by atoms with E-state index >= 15 is 0 Å². The zero-order valence-electron chi connectivity index (χ0n) is 20.0. The number of esters is 1. The number of hydrogen-bond donors (Lipinski definition) is 2. The van der Waals surface area contributed by atoms with Crippen molar-refractivity contribution >= 4 is 22.8 Å². The van der Waals surface area contributed by atoms with Crippen molar-refractivity contribution in [2.75, 3.05) is 14.2 Å². The highest BCUT2D eigenvalue weighted by molar-refractivity contribution is 5.97. The molecule has 1 amide bonds. The largest absolute Gasteiger partial charge is 0.497 e. The maximum Gasteiger partial charge on any atom is 0.337 e. The molecule has 1 heterocycles. The molecule has 9 heteroatoms. The van der Waals surface area contributed by atoms with Gasteiger partial charge in [0.05, 0.1) is 36.7 Å². The molecule has 0 bridgehead atoms. The van der Waals surface area contributed by atoms with Gasteiger partial charge in [0.15, 0.2) is 0 Å². The quantitative estimate of drug-likeness (QED) is 0.387. The summed E-state index contributed by atoms with van der Waals surface area (Å²) in [7, 11) is 2.86. The molecule has 4 aromatic rings. The second-order valence-corrected chi connectivity index (χ2v) is 8.19. The smallest absolute Gasteiger partial charge is 0.337 e. The topological polar surface area (TPSA) is 119 Å². The van der Waals surface area contributed by atoms with Gasteiger partial charge in [-0.05, 0) is 60.5 Å². The zero-order valence-corrected chi connectivity index (χ0v) is 20.0. The highest BCUT2D eigenvalue weighted by Gasteiger charge is 2.18. The van der Waals surface area contributed by atoms with Crippen LogP contribution in [0.5, 0.6) is 5.75 Å². The Kier molecular flexibility index (Phi) is 7.00. The lowest BCUT2D eigenvalue weighted by atomic mass is 10.0. The molecular weight excluding hydrogens is 462 g/mol. The highest BCUT2D eigenvalue weighted by Crippen LogP contribution is 2.18. The van der Waals surface area contributed by atoms with Gasteiger partial charge in [-0.25, -0.2) is 9.59 Å². The van der Waals surface area contributed by atoms with Crippen LogP contribution in [0.2, 0.25) is 0 Å². The molecule has 0 aliphatic carbocycles. The second-order valence-electron chi connectivity index (χ2n) is 8.19. The number of carbonyl (C=O) groups excluding carboxylic acids is 2. The van der Waals surface area contributed by atoms with E-state index in [9.17, 15) is 19.2 Å². The number of fused-ring (bicyclic) bond motifs is 1. The van der Waals surface area contributed by atoms with Gasteiger partial charge in [0, 0.05) is 12.1 Å². The molecule has 0 aliphatic rings. The maximum absolute atomic E-state index is 13.4. The Bertz CT molecular complexity index is 1550. The number of hydrogen-bond acceptors (Lipinski definition) is 6. The van der Waals surface area contributed by atoms with Crippen LogP contribution in [0.15, 0.2) is 76.3 Å². The maximum atomic E-state index is 13.4. The summed E-state index contributed by atoms with van der Waals surface area (Å²) in [5.74, 6) is -0.158. The van der Waals surface area contributed by atoms with E-state index in [2.05, 4.69) is 10.3 Å². The number of methoxy groups -OCH3 is 2. The molecule has 36 heavy (non-hydrogen) atoms. The van der Waals surface area contributed by atoms with Gasteiger partial charge in [0.1, 0.15) is 5.75 Å². The van der Waals surface area contributed by atoms with Crippen LogP contribution in [0.1, 0.15) is 44.8 Å². The summed E-state index contributed by atoms with van der Waals surface area (Å²) in [5, 5.41) is 3.03. The Labute approximate surface area is 206 Å². The molecule has 1 unspecified atom stereocenters. The summed E-state index contributed by atoms with van der Waals surface area (Å²) in [6.07, 6.45) is 0. The van der Waals surface area contributed by atoms with Crippen molar-refractivity contribution in [3.05, 3.63) is 110 Å². The zero-order chi connectivity index (χ0) is 25.8. The summed E-state index contributed by atoms with van der Waals surface area (Å²) in [6.45, 7) is 1.98. The first-order valence-electron chi connectivity index (χ1n) is 11.2. The lowest BCUT2D eigenvalue weighted by Crippen LogP contribution is -2.37. The van der Waals surface area contributed by atoms with Crippen molar-refractivity contribution in [3.63, 3.8) is 0 Å². The van der Waals surface area contributed by atoms with Crippen molar-refractivity contribution in [1.82, 2.24) is 14.9 Å². The van der Waals surface area contributed by atoms with Gasteiger partial charge in [-0.2, -0.15) is 0 Å². The molecular formula is C27H25N3O6. The van der Waals surface area contributed by atoms with Crippen LogP contribution < -0.4 is 21.3 Å². The van der Waals surface area contributed by atoms with Gasteiger partial charge in [-0.15, -0.1) is 0 Å². The first-order valence-corrected chi connectivity index (χ1v) is 11.2. The molecule has 184 valence electrons. The van der Waals surface area contributed by atoms with Crippen molar-refractivity contribution in [3.8, 4) is 5.75 Å². The van der Waals surface area contributed by atoms with Crippen LogP contribution in [-0.4, -0.2) is 35.6 Å². The number of benzene rings is 3. The molecule has 9 nitrogen and oxygen atoms in total. The Hall–Kier alpha value is -4.66. The number of aromatic amines is 1. The number of rotatable bonds is 7. The number of nitrogens with one attached hydrogen (secondary N) is 2. The molecule has 1 aromatic heterocycles. The van der Waals surface area contributed by atoms with E-state index in [1.54, 1.807) is 56.5 Å². The molecule has 4 rings (SSSR count).